The van der Waals surface area contributed by atoms with Gasteiger partial charge in [0, 0.05) is 17.3 Å². The van der Waals surface area contributed by atoms with Crippen LogP contribution in [0.15, 0.2) is 17.5 Å². The van der Waals surface area contributed by atoms with E-state index >= 15 is 0 Å². The molecule has 0 bridgehead atoms. The first-order valence-corrected chi connectivity index (χ1v) is 8.45. The first kappa shape index (κ1) is 14.6. The predicted molar refractivity (Wildman–Crippen MR) is 83.1 cm³/mol. The van der Waals surface area contributed by atoms with Crippen LogP contribution in [0.4, 0.5) is 0 Å². The zero-order valence-corrected chi connectivity index (χ0v) is 13.4. The first-order valence-electron chi connectivity index (χ1n) is 6.80. The molecular formula is C14H21N3S2. The van der Waals surface area contributed by atoms with Gasteiger partial charge in [0.05, 0.1) is 10.6 Å². The highest BCUT2D eigenvalue weighted by Crippen LogP contribution is 2.29. The highest BCUT2D eigenvalue weighted by atomic mass is 32.1. The summed E-state index contributed by atoms with van der Waals surface area (Å²) in [5, 5.41) is 10.1. The summed E-state index contributed by atoms with van der Waals surface area (Å²) in [7, 11) is 0. The van der Waals surface area contributed by atoms with Gasteiger partial charge < -0.3 is 5.32 Å². The third-order valence-electron chi connectivity index (χ3n) is 3.03. The second kappa shape index (κ2) is 7.12. The second-order valence-corrected chi connectivity index (χ2v) is 6.79. The molecule has 0 saturated heterocycles. The summed E-state index contributed by atoms with van der Waals surface area (Å²) in [4.78, 5) is 2.72. The zero-order valence-electron chi connectivity index (χ0n) is 11.7. The average Bonchev–Trinajstić information content (AvgIpc) is 3.04. The lowest BCUT2D eigenvalue weighted by Gasteiger charge is -2.18. The monoisotopic (exact) mass is 295 g/mol. The van der Waals surface area contributed by atoms with Crippen molar-refractivity contribution in [1.29, 1.82) is 0 Å². The predicted octanol–water partition coefficient (Wildman–Crippen LogP) is 4.01. The van der Waals surface area contributed by atoms with Crippen LogP contribution in [-0.4, -0.2) is 16.1 Å². The molecule has 2 rings (SSSR count). The molecule has 104 valence electrons. The van der Waals surface area contributed by atoms with E-state index in [0.29, 0.717) is 12.0 Å². The summed E-state index contributed by atoms with van der Waals surface area (Å²) >= 11 is 3.36. The van der Waals surface area contributed by atoms with Gasteiger partial charge in [-0.1, -0.05) is 31.3 Å². The Morgan fingerprint density at radius 2 is 2.21 bits per heavy atom. The Morgan fingerprint density at radius 1 is 1.37 bits per heavy atom. The van der Waals surface area contributed by atoms with Gasteiger partial charge >= 0.3 is 0 Å². The summed E-state index contributed by atoms with van der Waals surface area (Å²) < 4.78 is 4.16. The van der Waals surface area contributed by atoms with E-state index in [4.69, 9.17) is 0 Å². The van der Waals surface area contributed by atoms with Gasteiger partial charge in [-0.15, -0.1) is 16.4 Å². The SMILES string of the molecule is CCCNC(Cc1cccs1)c1snnc1C(C)C. The smallest absolute Gasteiger partial charge is 0.0829 e. The molecule has 2 aromatic rings. The van der Waals surface area contributed by atoms with Crippen molar-refractivity contribution >= 4 is 22.9 Å². The molecule has 0 aromatic carbocycles. The van der Waals surface area contributed by atoms with Crippen molar-refractivity contribution in [3.05, 3.63) is 33.0 Å². The molecule has 0 aliphatic heterocycles. The molecular weight excluding hydrogens is 274 g/mol. The Morgan fingerprint density at radius 3 is 2.84 bits per heavy atom. The number of aromatic nitrogens is 2. The molecule has 2 heterocycles. The van der Waals surface area contributed by atoms with Crippen LogP contribution in [0, 0.1) is 0 Å². The van der Waals surface area contributed by atoms with Gasteiger partial charge in [0.1, 0.15) is 0 Å². The standard InChI is InChI=1S/C14H21N3S2/c1-4-7-15-12(9-11-6-5-8-18-11)14-13(10(2)3)16-17-19-14/h5-6,8,10,12,15H,4,7,9H2,1-3H3. The molecule has 0 spiro atoms. The molecule has 0 fully saturated rings. The van der Waals surface area contributed by atoms with E-state index in [1.165, 1.54) is 21.3 Å². The van der Waals surface area contributed by atoms with Crippen LogP contribution in [0.25, 0.3) is 0 Å². The second-order valence-electron chi connectivity index (χ2n) is 4.97. The van der Waals surface area contributed by atoms with Gasteiger partial charge in [0.15, 0.2) is 0 Å². The Balaban J connectivity index is 2.18. The maximum Gasteiger partial charge on any atom is 0.0829 e. The summed E-state index contributed by atoms with van der Waals surface area (Å²) in [5.74, 6) is 0.433. The Bertz CT molecular complexity index is 477. The maximum atomic E-state index is 4.31. The number of hydrogen-bond donors (Lipinski definition) is 1. The third-order valence-corrected chi connectivity index (χ3v) is 4.78. The van der Waals surface area contributed by atoms with Gasteiger partial charge in [-0.3, -0.25) is 0 Å². The van der Waals surface area contributed by atoms with Gasteiger partial charge in [0.25, 0.3) is 0 Å². The summed E-state index contributed by atoms with van der Waals surface area (Å²) in [6.45, 7) is 7.60. The van der Waals surface area contributed by atoms with Crippen molar-refractivity contribution in [2.45, 2.75) is 45.6 Å². The molecule has 19 heavy (non-hydrogen) atoms. The van der Waals surface area contributed by atoms with Crippen LogP contribution in [0.2, 0.25) is 0 Å². The van der Waals surface area contributed by atoms with Crippen LogP contribution in [0.3, 0.4) is 0 Å². The lowest BCUT2D eigenvalue weighted by Crippen LogP contribution is -2.24. The van der Waals surface area contributed by atoms with E-state index < -0.39 is 0 Å². The number of thiophene rings is 1. The lowest BCUT2D eigenvalue weighted by atomic mass is 10.0. The van der Waals surface area contributed by atoms with Crippen molar-refractivity contribution in [3.8, 4) is 0 Å². The van der Waals surface area contributed by atoms with Crippen LogP contribution in [-0.2, 0) is 6.42 Å². The van der Waals surface area contributed by atoms with Gasteiger partial charge in [0.2, 0.25) is 0 Å². The largest absolute Gasteiger partial charge is 0.309 e. The lowest BCUT2D eigenvalue weighted by molar-refractivity contribution is 0.532. The quantitative estimate of drug-likeness (QED) is 0.839. The highest BCUT2D eigenvalue weighted by Gasteiger charge is 2.21. The number of hydrogen-bond acceptors (Lipinski definition) is 5. The topological polar surface area (TPSA) is 37.8 Å². The fourth-order valence-corrected chi connectivity index (χ4v) is 3.69. The Kier molecular flexibility index (Phi) is 5.48. The Hall–Kier alpha value is -0.780. The summed E-state index contributed by atoms with van der Waals surface area (Å²) in [5.41, 5.74) is 1.15. The van der Waals surface area contributed by atoms with Crippen molar-refractivity contribution in [2.24, 2.45) is 0 Å². The average molecular weight is 295 g/mol. The van der Waals surface area contributed by atoms with E-state index in [-0.39, 0.29) is 0 Å². The molecule has 1 unspecified atom stereocenters. The highest BCUT2D eigenvalue weighted by molar-refractivity contribution is 7.10. The molecule has 0 aliphatic rings. The minimum Gasteiger partial charge on any atom is -0.309 e. The Labute approximate surface area is 123 Å². The van der Waals surface area contributed by atoms with Crippen LogP contribution < -0.4 is 5.32 Å². The zero-order chi connectivity index (χ0) is 13.7. The molecule has 0 aliphatic carbocycles. The maximum absolute atomic E-state index is 4.31. The summed E-state index contributed by atoms with van der Waals surface area (Å²) in [6.07, 6.45) is 2.17. The number of nitrogens with one attached hydrogen (secondary N) is 1. The number of nitrogens with zero attached hydrogens (tertiary/aromatic N) is 2. The minimum atomic E-state index is 0.344. The number of rotatable bonds is 7. The van der Waals surface area contributed by atoms with Gasteiger partial charge in [-0.25, -0.2) is 0 Å². The van der Waals surface area contributed by atoms with Crippen molar-refractivity contribution in [3.63, 3.8) is 0 Å². The first-order chi connectivity index (χ1) is 9.22. The molecule has 0 amide bonds. The normalized spacial score (nSPS) is 13.1. The van der Waals surface area contributed by atoms with Crippen LogP contribution in [0.5, 0.6) is 0 Å². The fourth-order valence-electron chi connectivity index (χ4n) is 2.05. The van der Waals surface area contributed by atoms with Crippen molar-refractivity contribution in [2.75, 3.05) is 6.54 Å². The molecule has 1 N–H and O–H groups in total. The fraction of sp³-hybridized carbons (Fsp3) is 0.571. The van der Waals surface area contributed by atoms with Crippen molar-refractivity contribution in [1.82, 2.24) is 14.9 Å². The molecule has 0 saturated carbocycles. The molecule has 3 nitrogen and oxygen atoms in total. The molecule has 1 atom stereocenters. The van der Waals surface area contributed by atoms with E-state index in [2.05, 4.69) is 53.2 Å². The summed E-state index contributed by atoms with van der Waals surface area (Å²) in [6, 6.07) is 4.66. The molecule has 2 aromatic heterocycles. The van der Waals surface area contributed by atoms with E-state index in [9.17, 15) is 0 Å². The van der Waals surface area contributed by atoms with E-state index in [1.54, 1.807) is 0 Å². The van der Waals surface area contributed by atoms with Crippen LogP contribution >= 0.6 is 22.9 Å². The van der Waals surface area contributed by atoms with E-state index in [1.807, 2.05) is 11.3 Å². The van der Waals surface area contributed by atoms with Crippen molar-refractivity contribution < 1.29 is 0 Å². The van der Waals surface area contributed by atoms with Gasteiger partial charge in [-0.2, -0.15) is 0 Å². The van der Waals surface area contributed by atoms with E-state index in [0.717, 1.165) is 25.1 Å². The third kappa shape index (κ3) is 3.84. The minimum absolute atomic E-state index is 0.344. The molecule has 0 radical (unpaired) electrons. The molecule has 5 heteroatoms. The van der Waals surface area contributed by atoms with Crippen LogP contribution in [0.1, 0.15) is 54.6 Å². The van der Waals surface area contributed by atoms with Gasteiger partial charge in [-0.05, 0) is 41.9 Å².